The lowest BCUT2D eigenvalue weighted by Gasteiger charge is -2.12. The van der Waals surface area contributed by atoms with Gasteiger partial charge < -0.3 is 14.8 Å². The van der Waals surface area contributed by atoms with E-state index in [2.05, 4.69) is 15.4 Å². The molecule has 0 fully saturated rings. The molecule has 0 radical (unpaired) electrons. The monoisotopic (exact) mass is 462 g/mol. The molecule has 3 rings (SSSR count). The highest BCUT2D eigenvalue weighted by Gasteiger charge is 2.31. The Morgan fingerprint density at radius 3 is 2.52 bits per heavy atom. The first-order valence-corrected chi connectivity index (χ1v) is 9.84. The molecule has 0 aliphatic rings. The molecule has 33 heavy (non-hydrogen) atoms. The van der Waals surface area contributed by atoms with Crippen molar-refractivity contribution in [2.75, 3.05) is 20.3 Å². The van der Waals surface area contributed by atoms with Crippen molar-refractivity contribution in [3.63, 3.8) is 0 Å². The number of methoxy groups -OCH3 is 1. The molecule has 3 aromatic rings. The fourth-order valence-corrected chi connectivity index (χ4v) is 2.97. The van der Waals surface area contributed by atoms with Crippen LogP contribution in [0.5, 0.6) is 0 Å². The van der Waals surface area contributed by atoms with E-state index in [1.54, 1.807) is 37.3 Å². The van der Waals surface area contributed by atoms with Crippen LogP contribution in [0, 0.1) is 0 Å². The van der Waals surface area contributed by atoms with Crippen LogP contribution in [-0.2, 0) is 20.4 Å². The number of hydrogen-bond acceptors (Lipinski definition) is 6. The summed E-state index contributed by atoms with van der Waals surface area (Å²) in [6, 6.07) is 12.7. The van der Waals surface area contributed by atoms with Gasteiger partial charge in [0.05, 0.1) is 17.9 Å². The number of carbonyl (C=O) groups excluding carboxylic acids is 2. The zero-order chi connectivity index (χ0) is 24.0. The van der Waals surface area contributed by atoms with Crippen LogP contribution in [0.15, 0.2) is 54.6 Å². The third kappa shape index (κ3) is 6.16. The predicted octanol–water partition coefficient (Wildman–Crippen LogP) is 3.26. The third-order valence-electron chi connectivity index (χ3n) is 4.40. The lowest BCUT2D eigenvalue weighted by molar-refractivity contribution is -0.137. The van der Waals surface area contributed by atoms with Crippen molar-refractivity contribution < 1.29 is 32.2 Å². The van der Waals surface area contributed by atoms with Crippen LogP contribution in [0.1, 0.15) is 23.1 Å². The molecule has 1 aromatic heterocycles. The highest BCUT2D eigenvalue weighted by molar-refractivity contribution is 5.88. The number of nitrogens with one attached hydrogen (secondary N) is 1. The highest BCUT2D eigenvalue weighted by Crippen LogP contribution is 2.31. The summed E-state index contributed by atoms with van der Waals surface area (Å²) in [5.74, 6) is -1.80. The summed E-state index contributed by atoms with van der Waals surface area (Å²) >= 11 is 0. The van der Waals surface area contributed by atoms with Gasteiger partial charge in [-0.15, -0.1) is 5.10 Å². The number of esters is 1. The summed E-state index contributed by atoms with van der Waals surface area (Å²) in [4.78, 5) is 28.5. The van der Waals surface area contributed by atoms with Gasteiger partial charge in [0.1, 0.15) is 0 Å². The lowest BCUT2D eigenvalue weighted by Crippen LogP contribution is -2.38. The number of hydrogen-bond donors (Lipinski definition) is 1. The number of alkyl halides is 3. The molecule has 8 nitrogen and oxygen atoms in total. The standard InChI is InChI=1S/C22H21F3N4O4/c1-14(12-32-2)26-18(30)13-33-21(31)19-27-20(15-7-4-3-5-8-15)29(28-19)17-10-6-9-16(11-17)22(23,24)25/h3-11,14H,12-13H2,1-2H3,(H,26,30)/t14-/m0/s1. The van der Waals surface area contributed by atoms with Crippen molar-refractivity contribution in [3.8, 4) is 17.1 Å². The Balaban J connectivity index is 1.88. The number of amides is 1. The minimum atomic E-state index is -4.56. The van der Waals surface area contributed by atoms with Gasteiger partial charge in [0.2, 0.25) is 0 Å². The van der Waals surface area contributed by atoms with Crippen LogP contribution < -0.4 is 5.32 Å². The molecule has 0 aliphatic carbocycles. The first-order valence-electron chi connectivity index (χ1n) is 9.84. The molecule has 0 bridgehead atoms. The van der Waals surface area contributed by atoms with Gasteiger partial charge in [-0.1, -0.05) is 36.4 Å². The maximum absolute atomic E-state index is 13.2. The molecule has 1 amide bonds. The highest BCUT2D eigenvalue weighted by atomic mass is 19.4. The molecule has 0 saturated carbocycles. The Hall–Kier alpha value is -3.73. The van der Waals surface area contributed by atoms with Gasteiger partial charge in [0, 0.05) is 18.7 Å². The first kappa shape index (κ1) is 23.9. The van der Waals surface area contributed by atoms with E-state index in [-0.39, 0.29) is 24.2 Å². The summed E-state index contributed by atoms with van der Waals surface area (Å²) in [7, 11) is 1.49. The number of nitrogens with zero attached hydrogens (tertiary/aromatic N) is 3. The molecule has 0 spiro atoms. The van der Waals surface area contributed by atoms with E-state index in [9.17, 15) is 22.8 Å². The summed E-state index contributed by atoms with van der Waals surface area (Å²) in [6.07, 6.45) is -4.56. The lowest BCUT2D eigenvalue weighted by atomic mass is 10.2. The van der Waals surface area contributed by atoms with Gasteiger partial charge >= 0.3 is 12.1 Å². The SMILES string of the molecule is COC[C@H](C)NC(=O)COC(=O)c1nc(-c2ccccc2)n(-c2cccc(C(F)(F)F)c2)n1. The molecule has 1 atom stereocenters. The average molecular weight is 462 g/mol. The number of benzene rings is 2. The Labute approximate surface area is 187 Å². The summed E-state index contributed by atoms with van der Waals surface area (Å²) in [5, 5.41) is 6.64. The van der Waals surface area contributed by atoms with Gasteiger partial charge in [-0.25, -0.2) is 14.5 Å². The molecule has 1 N–H and O–H groups in total. The normalized spacial score (nSPS) is 12.3. The van der Waals surface area contributed by atoms with Crippen LogP contribution >= 0.6 is 0 Å². The van der Waals surface area contributed by atoms with E-state index in [0.717, 1.165) is 16.8 Å². The zero-order valence-corrected chi connectivity index (χ0v) is 17.8. The number of rotatable bonds is 8. The van der Waals surface area contributed by atoms with Gasteiger partial charge in [-0.3, -0.25) is 4.79 Å². The summed E-state index contributed by atoms with van der Waals surface area (Å²) in [5.41, 5.74) is -0.297. The second kappa shape index (κ2) is 10.3. The minimum absolute atomic E-state index is 0.0568. The second-order valence-electron chi connectivity index (χ2n) is 7.08. The van der Waals surface area contributed by atoms with Crippen molar-refractivity contribution in [1.29, 1.82) is 0 Å². The topological polar surface area (TPSA) is 95.3 Å². The smallest absolute Gasteiger partial charge is 0.416 e. The minimum Gasteiger partial charge on any atom is -0.450 e. The number of aromatic nitrogens is 3. The molecule has 0 saturated heterocycles. The Morgan fingerprint density at radius 2 is 1.85 bits per heavy atom. The average Bonchev–Trinajstić information content (AvgIpc) is 3.23. The molecule has 2 aromatic carbocycles. The molecule has 174 valence electrons. The van der Waals surface area contributed by atoms with Gasteiger partial charge in [-0.05, 0) is 25.1 Å². The van der Waals surface area contributed by atoms with E-state index >= 15 is 0 Å². The van der Waals surface area contributed by atoms with E-state index < -0.39 is 36.0 Å². The zero-order valence-electron chi connectivity index (χ0n) is 17.8. The molecule has 1 heterocycles. The van der Waals surface area contributed by atoms with Crippen molar-refractivity contribution in [2.24, 2.45) is 0 Å². The summed E-state index contributed by atoms with van der Waals surface area (Å²) in [6.45, 7) is 1.42. The van der Waals surface area contributed by atoms with Gasteiger partial charge in [0.25, 0.3) is 11.7 Å². The maximum atomic E-state index is 13.2. The second-order valence-corrected chi connectivity index (χ2v) is 7.08. The Bertz CT molecular complexity index is 1120. The Morgan fingerprint density at radius 1 is 1.12 bits per heavy atom. The quantitative estimate of drug-likeness (QED) is 0.517. The molecular weight excluding hydrogens is 441 g/mol. The van der Waals surface area contributed by atoms with Gasteiger partial charge in [0.15, 0.2) is 12.4 Å². The van der Waals surface area contributed by atoms with Crippen LogP contribution in [0.25, 0.3) is 17.1 Å². The summed E-state index contributed by atoms with van der Waals surface area (Å²) < 4.78 is 50.6. The van der Waals surface area contributed by atoms with Crippen molar-refractivity contribution in [3.05, 3.63) is 66.0 Å². The Kier molecular flexibility index (Phi) is 7.44. The van der Waals surface area contributed by atoms with Crippen molar-refractivity contribution >= 4 is 11.9 Å². The van der Waals surface area contributed by atoms with E-state index in [1.807, 2.05) is 0 Å². The van der Waals surface area contributed by atoms with Crippen molar-refractivity contribution in [2.45, 2.75) is 19.1 Å². The molecule has 11 heteroatoms. The van der Waals surface area contributed by atoms with Crippen LogP contribution in [-0.4, -0.2) is 53.0 Å². The fraction of sp³-hybridized carbons (Fsp3) is 0.273. The van der Waals surface area contributed by atoms with Gasteiger partial charge in [-0.2, -0.15) is 13.2 Å². The maximum Gasteiger partial charge on any atom is 0.416 e. The van der Waals surface area contributed by atoms with Crippen LogP contribution in [0.2, 0.25) is 0 Å². The van der Waals surface area contributed by atoms with E-state index in [0.29, 0.717) is 5.56 Å². The number of carbonyl (C=O) groups is 2. The molecule has 0 unspecified atom stereocenters. The van der Waals surface area contributed by atoms with Crippen LogP contribution in [0.4, 0.5) is 13.2 Å². The molecule has 0 aliphatic heterocycles. The largest absolute Gasteiger partial charge is 0.450 e. The van der Waals surface area contributed by atoms with E-state index in [1.165, 1.54) is 19.2 Å². The fourth-order valence-electron chi connectivity index (χ4n) is 2.97. The number of ether oxygens (including phenoxy) is 2. The number of halogens is 3. The first-order chi connectivity index (χ1) is 15.7. The third-order valence-corrected chi connectivity index (χ3v) is 4.40. The van der Waals surface area contributed by atoms with Crippen LogP contribution in [0.3, 0.4) is 0 Å². The molecular formula is C22H21F3N4O4. The van der Waals surface area contributed by atoms with Crippen molar-refractivity contribution in [1.82, 2.24) is 20.1 Å². The van der Waals surface area contributed by atoms with E-state index in [4.69, 9.17) is 9.47 Å². The predicted molar refractivity (Wildman–Crippen MR) is 112 cm³/mol.